The summed E-state index contributed by atoms with van der Waals surface area (Å²) in [6.45, 7) is 5.18. The summed E-state index contributed by atoms with van der Waals surface area (Å²) in [5.41, 5.74) is 6.30. The van der Waals surface area contributed by atoms with Gasteiger partial charge in [0.25, 0.3) is 0 Å². The Hall–Kier alpha value is -0.980. The van der Waals surface area contributed by atoms with E-state index in [2.05, 4.69) is 6.92 Å². The van der Waals surface area contributed by atoms with E-state index in [1.165, 1.54) is 16.4 Å². The first-order valence-corrected chi connectivity index (χ1v) is 8.19. The highest BCUT2D eigenvalue weighted by Crippen LogP contribution is 2.32. The van der Waals surface area contributed by atoms with Crippen molar-refractivity contribution in [1.82, 2.24) is 4.31 Å². The lowest BCUT2D eigenvalue weighted by Crippen LogP contribution is -2.44. The molecule has 0 unspecified atom stereocenters. The van der Waals surface area contributed by atoms with Gasteiger partial charge in [0.05, 0.1) is 4.90 Å². The summed E-state index contributed by atoms with van der Waals surface area (Å²) in [4.78, 5) is 0.0638. The van der Waals surface area contributed by atoms with Crippen LogP contribution in [-0.2, 0) is 10.0 Å². The van der Waals surface area contributed by atoms with Crippen LogP contribution in [0, 0.1) is 18.2 Å². The van der Waals surface area contributed by atoms with Gasteiger partial charge in [-0.15, -0.1) is 0 Å². The predicted octanol–water partition coefficient (Wildman–Crippen LogP) is 1.88. The van der Waals surface area contributed by atoms with E-state index in [0.717, 1.165) is 18.9 Å². The molecular weight excluding hydrogens is 279 g/mol. The lowest BCUT2D eigenvalue weighted by Gasteiger charge is -2.38. The van der Waals surface area contributed by atoms with Crippen molar-refractivity contribution in [3.63, 3.8) is 0 Å². The molecule has 1 aliphatic heterocycles. The number of hydrogen-bond acceptors (Lipinski definition) is 3. The lowest BCUT2D eigenvalue weighted by molar-refractivity contribution is 0.183. The maximum atomic E-state index is 13.3. The molecular formula is C14H21FN2O2S. The molecule has 4 nitrogen and oxygen atoms in total. The Balaban J connectivity index is 2.26. The number of hydrogen-bond donors (Lipinski definition) is 1. The molecule has 1 saturated heterocycles. The molecule has 0 radical (unpaired) electrons. The second-order valence-corrected chi connectivity index (χ2v) is 7.74. The van der Waals surface area contributed by atoms with Crippen molar-refractivity contribution < 1.29 is 12.8 Å². The first kappa shape index (κ1) is 15.4. The molecule has 1 aromatic carbocycles. The molecule has 112 valence electrons. The largest absolute Gasteiger partial charge is 0.330 e. The van der Waals surface area contributed by atoms with Gasteiger partial charge in [-0.05, 0) is 49.4 Å². The highest BCUT2D eigenvalue weighted by Gasteiger charge is 2.35. The molecule has 0 aromatic heterocycles. The molecule has 2 N–H and O–H groups in total. The fourth-order valence-corrected chi connectivity index (χ4v) is 4.14. The molecule has 2 rings (SSSR count). The molecule has 1 heterocycles. The number of nitrogens with zero attached hydrogens (tertiary/aromatic N) is 1. The van der Waals surface area contributed by atoms with Crippen LogP contribution in [-0.4, -0.2) is 32.4 Å². The van der Waals surface area contributed by atoms with E-state index in [4.69, 9.17) is 5.73 Å². The third-order valence-corrected chi connectivity index (χ3v) is 6.23. The maximum Gasteiger partial charge on any atom is 0.243 e. The van der Waals surface area contributed by atoms with Gasteiger partial charge in [0.15, 0.2) is 0 Å². The van der Waals surface area contributed by atoms with Gasteiger partial charge in [-0.25, -0.2) is 12.8 Å². The van der Waals surface area contributed by atoms with Crippen LogP contribution in [0.5, 0.6) is 0 Å². The Bertz CT molecular complexity index is 593. The number of benzene rings is 1. The SMILES string of the molecule is Cc1ccc(F)cc1S(=O)(=O)N1CCC(C)(CN)CC1. The van der Waals surface area contributed by atoms with E-state index >= 15 is 0 Å². The Morgan fingerprint density at radius 1 is 1.35 bits per heavy atom. The van der Waals surface area contributed by atoms with Crippen molar-refractivity contribution in [3.05, 3.63) is 29.6 Å². The fourth-order valence-electron chi connectivity index (χ4n) is 2.46. The van der Waals surface area contributed by atoms with Crippen LogP contribution in [0.2, 0.25) is 0 Å². The topological polar surface area (TPSA) is 63.4 Å². The summed E-state index contributed by atoms with van der Waals surface area (Å²) in [6.07, 6.45) is 1.47. The maximum absolute atomic E-state index is 13.3. The third kappa shape index (κ3) is 2.87. The second kappa shape index (κ2) is 5.42. The van der Waals surface area contributed by atoms with Crippen LogP contribution >= 0.6 is 0 Å². The van der Waals surface area contributed by atoms with E-state index in [1.807, 2.05) is 0 Å². The van der Waals surface area contributed by atoms with E-state index in [-0.39, 0.29) is 10.3 Å². The number of halogens is 1. The van der Waals surface area contributed by atoms with Gasteiger partial charge in [0, 0.05) is 13.1 Å². The molecule has 0 bridgehead atoms. The number of sulfonamides is 1. The lowest BCUT2D eigenvalue weighted by atomic mass is 9.81. The summed E-state index contributed by atoms with van der Waals surface area (Å²) in [5.74, 6) is -0.530. The van der Waals surface area contributed by atoms with Crippen molar-refractivity contribution in [3.8, 4) is 0 Å². The first-order valence-electron chi connectivity index (χ1n) is 6.75. The van der Waals surface area contributed by atoms with Crippen molar-refractivity contribution >= 4 is 10.0 Å². The number of piperidine rings is 1. The Morgan fingerprint density at radius 3 is 2.50 bits per heavy atom. The average molecular weight is 300 g/mol. The van der Waals surface area contributed by atoms with Gasteiger partial charge in [0.2, 0.25) is 10.0 Å². The number of nitrogens with two attached hydrogens (primary N) is 1. The zero-order chi connectivity index (χ0) is 15.0. The van der Waals surface area contributed by atoms with E-state index in [0.29, 0.717) is 25.2 Å². The summed E-state index contributed by atoms with van der Waals surface area (Å²) in [6, 6.07) is 3.87. The van der Waals surface area contributed by atoms with E-state index in [9.17, 15) is 12.8 Å². The minimum atomic E-state index is -3.62. The van der Waals surface area contributed by atoms with Crippen LogP contribution in [0.15, 0.2) is 23.1 Å². The Morgan fingerprint density at radius 2 is 1.95 bits per heavy atom. The zero-order valence-corrected chi connectivity index (χ0v) is 12.7. The minimum Gasteiger partial charge on any atom is -0.330 e. The van der Waals surface area contributed by atoms with Crippen LogP contribution in [0.3, 0.4) is 0 Å². The standard InChI is InChI=1S/C14H21FN2O2S/c1-11-3-4-12(15)9-13(11)20(18,19)17-7-5-14(2,10-16)6-8-17/h3-4,9H,5-8,10,16H2,1-2H3. The summed E-state index contributed by atoms with van der Waals surface area (Å²) >= 11 is 0. The van der Waals surface area contributed by atoms with Gasteiger partial charge in [0.1, 0.15) is 5.82 Å². The van der Waals surface area contributed by atoms with Crippen molar-refractivity contribution in [2.75, 3.05) is 19.6 Å². The van der Waals surface area contributed by atoms with Gasteiger partial charge in [-0.1, -0.05) is 13.0 Å². The molecule has 0 atom stereocenters. The third-order valence-electron chi connectivity index (χ3n) is 4.19. The normalized spacial score (nSPS) is 20.0. The van der Waals surface area contributed by atoms with Crippen LogP contribution in [0.25, 0.3) is 0 Å². The second-order valence-electron chi connectivity index (χ2n) is 5.83. The number of aryl methyl sites for hydroxylation is 1. The summed E-state index contributed by atoms with van der Waals surface area (Å²) in [7, 11) is -3.62. The van der Waals surface area contributed by atoms with Gasteiger partial charge in [-0.3, -0.25) is 0 Å². The predicted molar refractivity (Wildman–Crippen MR) is 76.3 cm³/mol. The Kier molecular flexibility index (Phi) is 4.18. The smallest absolute Gasteiger partial charge is 0.243 e. The summed E-state index contributed by atoms with van der Waals surface area (Å²) < 4.78 is 39.9. The molecule has 6 heteroatoms. The van der Waals surface area contributed by atoms with E-state index in [1.54, 1.807) is 6.92 Å². The van der Waals surface area contributed by atoms with Crippen LogP contribution in [0.4, 0.5) is 4.39 Å². The monoisotopic (exact) mass is 300 g/mol. The molecule has 1 aromatic rings. The molecule has 1 fully saturated rings. The molecule has 0 saturated carbocycles. The van der Waals surface area contributed by atoms with Gasteiger partial charge in [-0.2, -0.15) is 4.31 Å². The highest BCUT2D eigenvalue weighted by atomic mass is 32.2. The highest BCUT2D eigenvalue weighted by molar-refractivity contribution is 7.89. The van der Waals surface area contributed by atoms with Gasteiger partial charge >= 0.3 is 0 Å². The van der Waals surface area contributed by atoms with Crippen LogP contribution < -0.4 is 5.73 Å². The summed E-state index contributed by atoms with van der Waals surface area (Å²) in [5, 5.41) is 0. The molecule has 0 spiro atoms. The van der Waals surface area contributed by atoms with Crippen molar-refractivity contribution in [1.29, 1.82) is 0 Å². The van der Waals surface area contributed by atoms with Crippen molar-refractivity contribution in [2.24, 2.45) is 11.1 Å². The molecule has 0 aliphatic carbocycles. The Labute approximate surface area is 119 Å². The zero-order valence-electron chi connectivity index (χ0n) is 11.9. The quantitative estimate of drug-likeness (QED) is 0.927. The molecule has 1 aliphatic rings. The van der Waals surface area contributed by atoms with Crippen molar-refractivity contribution in [2.45, 2.75) is 31.6 Å². The average Bonchev–Trinajstić information content (AvgIpc) is 2.42. The van der Waals surface area contributed by atoms with Crippen LogP contribution in [0.1, 0.15) is 25.3 Å². The minimum absolute atomic E-state index is 0.00298. The fraction of sp³-hybridized carbons (Fsp3) is 0.571. The first-order chi connectivity index (χ1) is 9.28. The number of rotatable bonds is 3. The van der Waals surface area contributed by atoms with Gasteiger partial charge < -0.3 is 5.73 Å². The van der Waals surface area contributed by atoms with E-state index < -0.39 is 15.8 Å². The molecule has 20 heavy (non-hydrogen) atoms. The molecule has 0 amide bonds.